The number of thiazole rings is 1. The van der Waals surface area contributed by atoms with Gasteiger partial charge in [0.05, 0.1) is 12.2 Å². The maximum absolute atomic E-state index is 11.9. The van der Waals surface area contributed by atoms with Crippen molar-refractivity contribution in [3.63, 3.8) is 0 Å². The van der Waals surface area contributed by atoms with Crippen LogP contribution < -0.4 is 0 Å². The van der Waals surface area contributed by atoms with Gasteiger partial charge in [-0.15, -0.1) is 11.3 Å². The lowest BCUT2D eigenvalue weighted by Crippen LogP contribution is -2.25. The summed E-state index contributed by atoms with van der Waals surface area (Å²) in [7, 11) is 0. The normalized spacial score (nSPS) is 19.2. The zero-order valence-electron chi connectivity index (χ0n) is 12.0. The molecule has 1 aliphatic rings. The summed E-state index contributed by atoms with van der Waals surface area (Å²) in [5, 5.41) is 6.58. The molecule has 1 aromatic rings. The van der Waals surface area contributed by atoms with Gasteiger partial charge in [0.1, 0.15) is 5.01 Å². The molecule has 1 saturated heterocycles. The van der Waals surface area contributed by atoms with Crippen LogP contribution in [0.3, 0.4) is 0 Å². The number of carbonyl (C=O) groups is 1. The first kappa shape index (κ1) is 14.8. The topological polar surface area (TPSA) is 82.0 Å². The Morgan fingerprint density at radius 3 is 2.95 bits per heavy atom. The van der Waals surface area contributed by atoms with E-state index in [0.29, 0.717) is 26.1 Å². The van der Waals surface area contributed by atoms with Gasteiger partial charge in [-0.3, -0.25) is 4.79 Å². The molecule has 2 heterocycles. The highest BCUT2D eigenvalue weighted by atomic mass is 32.1. The largest absolute Gasteiger partial charge is 0.336 e. The highest BCUT2D eigenvalue weighted by Gasteiger charge is 2.29. The van der Waals surface area contributed by atoms with Crippen LogP contribution in [0, 0.1) is 5.92 Å². The van der Waals surface area contributed by atoms with E-state index in [2.05, 4.69) is 41.2 Å². The van der Waals surface area contributed by atoms with Crippen LogP contribution in [-0.2, 0) is 16.8 Å². The van der Waals surface area contributed by atoms with Gasteiger partial charge in [0, 0.05) is 35.2 Å². The Bertz CT molecular complexity index is 541. The number of azide groups is 1. The van der Waals surface area contributed by atoms with Crippen LogP contribution in [0.25, 0.3) is 10.4 Å². The van der Waals surface area contributed by atoms with Crippen molar-refractivity contribution in [2.24, 2.45) is 11.0 Å². The average molecular weight is 293 g/mol. The molecule has 1 atom stereocenters. The fraction of sp³-hybridized carbons (Fsp3) is 0.692. The lowest BCUT2D eigenvalue weighted by atomic mass is 9.93. The minimum absolute atomic E-state index is 0.0355. The predicted octanol–water partition coefficient (Wildman–Crippen LogP) is 3.10. The van der Waals surface area contributed by atoms with Crippen LogP contribution in [0.1, 0.15) is 37.9 Å². The van der Waals surface area contributed by atoms with Crippen molar-refractivity contribution < 1.29 is 4.79 Å². The van der Waals surface area contributed by atoms with Gasteiger partial charge in [-0.05, 0) is 11.4 Å². The number of nitrogens with zero attached hydrogens (tertiary/aromatic N) is 5. The van der Waals surface area contributed by atoms with E-state index in [4.69, 9.17) is 5.53 Å². The number of carbonyl (C=O) groups excluding carboxylic acids is 1. The van der Waals surface area contributed by atoms with Crippen LogP contribution in [0.15, 0.2) is 10.5 Å². The molecule has 1 fully saturated rings. The number of rotatable bonds is 4. The van der Waals surface area contributed by atoms with E-state index in [-0.39, 0.29) is 17.2 Å². The standard InChI is InChI=1S/C13H19N5OS/c1-13(2,3)10-8-20-11(16-10)7-18-6-9(4-12(18)19)5-15-17-14/h8-9H,4-7H2,1-3H3. The molecular weight excluding hydrogens is 274 g/mol. The second-order valence-corrected chi connectivity index (χ2v) is 7.08. The molecule has 0 aliphatic carbocycles. The third kappa shape index (κ3) is 3.49. The van der Waals surface area contributed by atoms with Crippen molar-refractivity contribution in [1.29, 1.82) is 0 Å². The van der Waals surface area contributed by atoms with Crippen LogP contribution in [-0.4, -0.2) is 28.9 Å². The molecule has 0 aromatic carbocycles. The van der Waals surface area contributed by atoms with Gasteiger partial charge in [0.2, 0.25) is 5.91 Å². The molecule has 20 heavy (non-hydrogen) atoms. The fourth-order valence-electron chi connectivity index (χ4n) is 2.17. The molecule has 108 valence electrons. The summed E-state index contributed by atoms with van der Waals surface area (Å²) < 4.78 is 0. The smallest absolute Gasteiger partial charge is 0.223 e. The summed E-state index contributed by atoms with van der Waals surface area (Å²) in [4.78, 5) is 21.1. The Kier molecular flexibility index (Phi) is 4.30. The van der Waals surface area contributed by atoms with Gasteiger partial charge < -0.3 is 4.90 Å². The molecule has 7 heteroatoms. The quantitative estimate of drug-likeness (QED) is 0.485. The van der Waals surface area contributed by atoms with E-state index >= 15 is 0 Å². The number of hydrogen-bond acceptors (Lipinski definition) is 4. The van der Waals surface area contributed by atoms with Crippen molar-refractivity contribution >= 4 is 17.2 Å². The number of hydrogen-bond donors (Lipinski definition) is 0. The van der Waals surface area contributed by atoms with Gasteiger partial charge in [-0.25, -0.2) is 4.98 Å². The van der Waals surface area contributed by atoms with Gasteiger partial charge >= 0.3 is 0 Å². The molecule has 1 aromatic heterocycles. The van der Waals surface area contributed by atoms with Crippen molar-refractivity contribution in [2.45, 2.75) is 39.2 Å². The van der Waals surface area contributed by atoms with E-state index in [0.717, 1.165) is 10.7 Å². The monoisotopic (exact) mass is 293 g/mol. The number of aromatic nitrogens is 1. The summed E-state index contributed by atoms with van der Waals surface area (Å²) in [5.41, 5.74) is 9.42. The van der Waals surface area contributed by atoms with E-state index in [1.54, 1.807) is 11.3 Å². The Hall–Kier alpha value is -1.59. The minimum Gasteiger partial charge on any atom is -0.336 e. The minimum atomic E-state index is 0.0355. The van der Waals surface area contributed by atoms with Crippen LogP contribution in [0.4, 0.5) is 0 Å². The Balaban J connectivity index is 1.98. The van der Waals surface area contributed by atoms with Crippen molar-refractivity contribution in [3.8, 4) is 0 Å². The molecule has 1 unspecified atom stereocenters. The number of amides is 1. The van der Waals surface area contributed by atoms with Crippen LogP contribution >= 0.6 is 11.3 Å². The molecule has 6 nitrogen and oxygen atoms in total. The van der Waals surface area contributed by atoms with Crippen molar-refractivity contribution in [1.82, 2.24) is 9.88 Å². The van der Waals surface area contributed by atoms with Crippen molar-refractivity contribution in [3.05, 3.63) is 26.5 Å². The molecule has 0 saturated carbocycles. The maximum atomic E-state index is 11.9. The van der Waals surface area contributed by atoms with Gasteiger partial charge in [0.15, 0.2) is 0 Å². The Morgan fingerprint density at radius 2 is 2.35 bits per heavy atom. The summed E-state index contributed by atoms with van der Waals surface area (Å²) in [6, 6.07) is 0. The molecular formula is C13H19N5OS. The molecule has 1 amide bonds. The van der Waals surface area contributed by atoms with E-state index in [1.807, 2.05) is 4.90 Å². The first-order valence-electron chi connectivity index (χ1n) is 6.63. The average Bonchev–Trinajstić information content (AvgIpc) is 2.95. The SMILES string of the molecule is CC(C)(C)c1csc(CN2CC(CN=[N+]=[N-])CC2=O)n1. The highest BCUT2D eigenvalue weighted by Crippen LogP contribution is 2.26. The van der Waals surface area contributed by atoms with E-state index < -0.39 is 0 Å². The molecule has 0 radical (unpaired) electrons. The van der Waals surface area contributed by atoms with Gasteiger partial charge in [-0.2, -0.15) is 0 Å². The summed E-state index contributed by atoms with van der Waals surface area (Å²) in [5.74, 6) is 0.260. The number of likely N-dealkylation sites (tertiary alicyclic amines) is 1. The Morgan fingerprint density at radius 1 is 1.60 bits per heavy atom. The Labute approximate surface area is 122 Å². The molecule has 2 rings (SSSR count). The van der Waals surface area contributed by atoms with Crippen LogP contribution in [0.5, 0.6) is 0 Å². The first-order chi connectivity index (χ1) is 9.40. The summed E-state index contributed by atoms with van der Waals surface area (Å²) >= 11 is 1.60. The summed E-state index contributed by atoms with van der Waals surface area (Å²) in [6.45, 7) is 7.99. The van der Waals surface area contributed by atoms with E-state index in [1.165, 1.54) is 0 Å². The lowest BCUT2D eigenvalue weighted by Gasteiger charge is -2.16. The molecule has 1 aliphatic heterocycles. The van der Waals surface area contributed by atoms with Gasteiger partial charge in [-0.1, -0.05) is 25.9 Å². The summed E-state index contributed by atoms with van der Waals surface area (Å²) in [6.07, 6.45) is 0.469. The third-order valence-corrected chi connectivity index (χ3v) is 4.18. The molecule has 0 N–H and O–H groups in total. The first-order valence-corrected chi connectivity index (χ1v) is 7.51. The zero-order chi connectivity index (χ0) is 14.8. The van der Waals surface area contributed by atoms with Crippen LogP contribution in [0.2, 0.25) is 0 Å². The second kappa shape index (κ2) is 5.81. The molecule has 0 bridgehead atoms. The van der Waals surface area contributed by atoms with Gasteiger partial charge in [0.25, 0.3) is 0 Å². The zero-order valence-corrected chi connectivity index (χ0v) is 12.9. The molecule has 0 spiro atoms. The third-order valence-electron chi connectivity index (χ3n) is 3.34. The van der Waals surface area contributed by atoms with E-state index in [9.17, 15) is 4.79 Å². The fourth-order valence-corrected chi connectivity index (χ4v) is 3.21. The van der Waals surface area contributed by atoms with Crippen molar-refractivity contribution in [2.75, 3.05) is 13.1 Å². The highest BCUT2D eigenvalue weighted by molar-refractivity contribution is 7.09. The maximum Gasteiger partial charge on any atom is 0.223 e. The lowest BCUT2D eigenvalue weighted by molar-refractivity contribution is -0.128. The predicted molar refractivity (Wildman–Crippen MR) is 78.4 cm³/mol. The second-order valence-electron chi connectivity index (χ2n) is 6.13.